The van der Waals surface area contributed by atoms with E-state index in [9.17, 15) is 9.90 Å². The summed E-state index contributed by atoms with van der Waals surface area (Å²) in [6.45, 7) is 19.6. The molecule has 2 atom stereocenters. The lowest BCUT2D eigenvalue weighted by atomic mass is 9.83. The van der Waals surface area contributed by atoms with Crippen LogP contribution < -0.4 is 5.11 Å². The van der Waals surface area contributed by atoms with Gasteiger partial charge in [-0.2, -0.15) is 0 Å². The molecule has 2 unspecified atom stereocenters. The molecule has 0 radical (unpaired) electrons. The number of ketones is 1. The second kappa shape index (κ2) is 23.0. The molecule has 0 saturated heterocycles. The standard InChI is InChI=1S/C52H62Br4O6/c1-9-13-15-33(11-3)29-59-31-51(5,6)47-25-35(23-45(61-47)37-17-19-41(53)43(55)27-37)21-39-49(57)40(50(39)58)22-36-24-46(38-18-20-42(54)44(56)28-38)62-48(26-36)52(7,8)32-60-30-34(12-4)16-14-10-2/h17-28,33-34H,9-16,29-32H2,1-8H3. The van der Waals surface area contributed by atoms with Gasteiger partial charge in [0.1, 0.15) is 16.9 Å². The van der Waals surface area contributed by atoms with E-state index in [1.54, 1.807) is 12.2 Å². The van der Waals surface area contributed by atoms with Crippen molar-refractivity contribution in [1.29, 1.82) is 0 Å². The summed E-state index contributed by atoms with van der Waals surface area (Å²) in [5.74, 6) is 3.04. The first-order valence-corrected chi connectivity index (χ1v) is 25.2. The van der Waals surface area contributed by atoms with Crippen molar-refractivity contribution in [3.05, 3.63) is 130 Å². The minimum absolute atomic E-state index is 0.132. The summed E-state index contributed by atoms with van der Waals surface area (Å²) in [5, 5.41) is 14.0. The summed E-state index contributed by atoms with van der Waals surface area (Å²) in [4.78, 5) is 14.0. The van der Waals surface area contributed by atoms with E-state index in [0.717, 1.165) is 54.7 Å². The van der Waals surface area contributed by atoms with Gasteiger partial charge in [0.05, 0.1) is 24.8 Å². The molecule has 0 fully saturated rings. The van der Waals surface area contributed by atoms with Gasteiger partial charge in [0, 0.05) is 59.3 Å². The minimum atomic E-state index is -0.499. The molecule has 0 saturated carbocycles. The number of unbranched alkanes of at least 4 members (excludes halogenated alkanes) is 2. The Hall–Kier alpha value is -2.60. The first kappa shape index (κ1) is 50.4. The van der Waals surface area contributed by atoms with Crippen LogP contribution in [-0.2, 0) is 24.4 Å². The average molecular weight is 1100 g/mol. The molecule has 5 rings (SSSR count). The van der Waals surface area contributed by atoms with Crippen molar-refractivity contribution in [3.63, 3.8) is 0 Å². The van der Waals surface area contributed by atoms with Crippen LogP contribution in [0.1, 0.15) is 124 Å². The topological polar surface area (TPSA) is 79.1 Å². The summed E-state index contributed by atoms with van der Waals surface area (Å²) in [6.07, 6.45) is 16.4. The molecule has 2 heterocycles. The maximum atomic E-state index is 14.0. The van der Waals surface area contributed by atoms with Crippen molar-refractivity contribution in [2.45, 2.75) is 112 Å². The van der Waals surface area contributed by atoms with E-state index in [1.807, 2.05) is 60.7 Å². The zero-order chi connectivity index (χ0) is 45.2. The lowest BCUT2D eigenvalue weighted by Gasteiger charge is -2.32. The number of carbonyl (C=O) groups is 1. The third-order valence-electron chi connectivity index (χ3n) is 11.7. The number of allylic oxidation sites excluding steroid dienone is 6. The predicted octanol–water partition coefficient (Wildman–Crippen LogP) is 15.5. The maximum absolute atomic E-state index is 14.0. The molecule has 10 heteroatoms. The molecular formula is C52H62Br4O6. The van der Waals surface area contributed by atoms with Gasteiger partial charge >= 0.3 is 11.5 Å². The molecule has 2 aliphatic rings. The highest BCUT2D eigenvalue weighted by Gasteiger charge is 2.36. The Morgan fingerprint density at radius 2 is 1.29 bits per heavy atom. The van der Waals surface area contributed by atoms with E-state index in [-0.39, 0.29) is 22.7 Å². The Morgan fingerprint density at radius 1 is 0.726 bits per heavy atom. The number of halogens is 4. The summed E-state index contributed by atoms with van der Waals surface area (Å²) >= 11 is 14.4. The summed E-state index contributed by atoms with van der Waals surface area (Å²) in [5.41, 5.74) is 2.37. The molecule has 0 spiro atoms. The van der Waals surface area contributed by atoms with Crippen LogP contribution in [0.15, 0.2) is 117 Å². The summed E-state index contributed by atoms with van der Waals surface area (Å²) in [6, 6.07) is 15.6. The minimum Gasteiger partial charge on any atom is -0.871 e. The van der Waals surface area contributed by atoms with Crippen molar-refractivity contribution in [3.8, 4) is 11.3 Å². The van der Waals surface area contributed by atoms with Crippen LogP contribution in [-0.4, -0.2) is 32.2 Å². The van der Waals surface area contributed by atoms with Crippen LogP contribution >= 0.6 is 63.7 Å². The van der Waals surface area contributed by atoms with Gasteiger partial charge in [-0.25, -0.2) is 4.42 Å². The first-order chi connectivity index (χ1) is 29.5. The molecule has 0 N–H and O–H groups in total. The predicted molar refractivity (Wildman–Crippen MR) is 266 cm³/mol. The van der Waals surface area contributed by atoms with Crippen LogP contribution in [0.5, 0.6) is 0 Å². The zero-order valence-electron chi connectivity index (χ0n) is 37.5. The molecule has 3 aromatic rings. The number of Topliss-reactive ketones (excluding diaryl/α,β-unsaturated/α-hetero) is 1. The van der Waals surface area contributed by atoms with Crippen molar-refractivity contribution in [2.24, 2.45) is 17.3 Å². The third-order valence-corrected chi connectivity index (χ3v) is 15.5. The summed E-state index contributed by atoms with van der Waals surface area (Å²) in [7, 11) is 0. The molecule has 6 nitrogen and oxygen atoms in total. The van der Waals surface area contributed by atoms with Crippen LogP contribution in [0.4, 0.5) is 0 Å². The molecule has 1 aliphatic heterocycles. The van der Waals surface area contributed by atoms with Crippen molar-refractivity contribution in [1.82, 2.24) is 0 Å². The van der Waals surface area contributed by atoms with Gasteiger partial charge < -0.3 is 19.3 Å². The van der Waals surface area contributed by atoms with Crippen molar-refractivity contribution in [2.75, 3.05) is 26.4 Å². The molecule has 62 heavy (non-hydrogen) atoms. The number of ether oxygens (including phenoxy) is 3. The lowest BCUT2D eigenvalue weighted by molar-refractivity contribution is -0.300. The Balaban J connectivity index is 1.49. The van der Waals surface area contributed by atoms with Crippen LogP contribution in [0.3, 0.4) is 0 Å². The van der Waals surface area contributed by atoms with Gasteiger partial charge in [0.2, 0.25) is 0 Å². The van der Waals surface area contributed by atoms with Gasteiger partial charge in [-0.15, -0.1) is 0 Å². The average Bonchev–Trinajstić information content (AvgIpc) is 3.25. The SMILES string of the molecule is CCCCC(CC)COCC(C)(C)C1=C/C(=C/C2=C([O-])C(=Cc3cc(-c4ccc(Br)c(Br)c4)[o+]c(C(C)(C)COCC(CC)CCCC)c3)C2=O)C=C(c2ccc(Br)c(Br)c2)O1. The molecule has 1 aromatic heterocycles. The highest BCUT2D eigenvalue weighted by atomic mass is 79.9. The summed E-state index contributed by atoms with van der Waals surface area (Å²) < 4.78 is 29.5. The lowest BCUT2D eigenvalue weighted by Crippen LogP contribution is -2.29. The van der Waals surface area contributed by atoms with E-state index in [0.29, 0.717) is 72.4 Å². The fraction of sp³-hybridized carbons (Fsp3) is 0.462. The van der Waals surface area contributed by atoms with Crippen molar-refractivity contribution >= 4 is 81.3 Å². The number of carbonyl (C=O) groups excluding carboxylic acids is 1. The molecular weight excluding hydrogens is 1040 g/mol. The Labute approximate surface area is 403 Å². The van der Waals surface area contributed by atoms with Crippen LogP contribution in [0.2, 0.25) is 0 Å². The van der Waals surface area contributed by atoms with Gasteiger partial charge in [0.15, 0.2) is 5.78 Å². The van der Waals surface area contributed by atoms with E-state index in [1.165, 1.54) is 25.7 Å². The Bertz CT molecular complexity index is 2230. The smallest absolute Gasteiger partial charge is 0.360 e. The zero-order valence-corrected chi connectivity index (χ0v) is 43.9. The van der Waals surface area contributed by atoms with Gasteiger partial charge in [-0.3, -0.25) is 4.79 Å². The third kappa shape index (κ3) is 13.2. The van der Waals surface area contributed by atoms with Crippen LogP contribution in [0.25, 0.3) is 23.2 Å². The van der Waals surface area contributed by atoms with Gasteiger partial charge in [-0.1, -0.05) is 91.9 Å². The highest BCUT2D eigenvalue weighted by molar-refractivity contribution is 9.13. The number of hydrogen-bond donors (Lipinski definition) is 0. The molecule has 2 aromatic carbocycles. The van der Waals surface area contributed by atoms with E-state index < -0.39 is 10.8 Å². The first-order valence-electron chi connectivity index (χ1n) is 22.1. The quantitative estimate of drug-likeness (QED) is 0.0737. The largest absolute Gasteiger partial charge is 0.871 e. The van der Waals surface area contributed by atoms with E-state index in [2.05, 4.69) is 119 Å². The molecule has 1 aliphatic carbocycles. The Morgan fingerprint density at radius 3 is 1.84 bits per heavy atom. The monoisotopic (exact) mass is 1100 g/mol. The number of benzene rings is 2. The second-order valence-electron chi connectivity index (χ2n) is 17.9. The Kier molecular flexibility index (Phi) is 18.7. The van der Waals surface area contributed by atoms with E-state index in [4.69, 9.17) is 18.6 Å². The molecule has 334 valence electrons. The molecule has 0 bridgehead atoms. The van der Waals surface area contributed by atoms with Crippen molar-refractivity contribution < 1.29 is 28.5 Å². The number of hydrogen-bond acceptors (Lipinski definition) is 5. The highest BCUT2D eigenvalue weighted by Crippen LogP contribution is 2.41. The normalized spacial score (nSPS) is 16.9. The maximum Gasteiger partial charge on any atom is 0.360 e. The van der Waals surface area contributed by atoms with Gasteiger partial charge in [-0.05, 0) is 168 Å². The fourth-order valence-electron chi connectivity index (χ4n) is 7.39. The van der Waals surface area contributed by atoms with Crippen LogP contribution in [0, 0.1) is 17.3 Å². The molecule has 0 amide bonds. The van der Waals surface area contributed by atoms with E-state index >= 15 is 0 Å². The number of rotatable bonds is 22. The second-order valence-corrected chi connectivity index (χ2v) is 21.3. The fourth-order valence-corrected chi connectivity index (χ4v) is 8.64. The van der Waals surface area contributed by atoms with Gasteiger partial charge in [0.25, 0.3) is 0 Å².